The van der Waals surface area contributed by atoms with Crippen LogP contribution in [0.15, 0.2) is 39.9 Å². The van der Waals surface area contributed by atoms with E-state index in [1.807, 2.05) is 6.20 Å². The molecular weight excluding hydrogens is 461 g/mol. The Balaban J connectivity index is 1.32. The van der Waals surface area contributed by atoms with E-state index in [1.165, 1.54) is 24.1 Å². The topological polar surface area (TPSA) is 102 Å². The minimum absolute atomic E-state index is 0.0229. The van der Waals surface area contributed by atoms with Gasteiger partial charge in [0.05, 0.1) is 11.5 Å². The average molecular weight is 486 g/mol. The number of halogens is 1. The second-order valence-electron chi connectivity index (χ2n) is 8.63. The van der Waals surface area contributed by atoms with Gasteiger partial charge < -0.3 is 24.0 Å². The summed E-state index contributed by atoms with van der Waals surface area (Å²) >= 11 is 1.38. The van der Waals surface area contributed by atoms with E-state index >= 15 is 0 Å². The molecule has 9 nitrogen and oxygen atoms in total. The molecular formula is C23H24FN5O4S. The third-order valence-corrected chi connectivity index (χ3v) is 7.00. The van der Waals surface area contributed by atoms with Crippen LogP contribution in [0.25, 0.3) is 0 Å². The van der Waals surface area contributed by atoms with Gasteiger partial charge in [-0.15, -0.1) is 0 Å². The van der Waals surface area contributed by atoms with E-state index in [1.54, 1.807) is 42.5 Å². The first-order valence-electron chi connectivity index (χ1n) is 10.8. The molecule has 3 aromatic rings. The molecule has 178 valence electrons. The van der Waals surface area contributed by atoms with Crippen LogP contribution in [0.3, 0.4) is 0 Å². The summed E-state index contributed by atoms with van der Waals surface area (Å²) in [5, 5.41) is 6.66. The minimum Gasteiger partial charge on any atom is -0.489 e. The number of anilines is 1. The highest BCUT2D eigenvalue weighted by Crippen LogP contribution is 2.37. The van der Waals surface area contributed by atoms with E-state index in [-0.39, 0.29) is 29.6 Å². The molecule has 34 heavy (non-hydrogen) atoms. The largest absolute Gasteiger partial charge is 0.489 e. The maximum absolute atomic E-state index is 13.6. The van der Waals surface area contributed by atoms with Crippen LogP contribution in [-0.4, -0.2) is 52.2 Å². The zero-order valence-electron chi connectivity index (χ0n) is 18.9. The zero-order chi connectivity index (χ0) is 24.0. The van der Waals surface area contributed by atoms with Crippen molar-refractivity contribution in [2.24, 2.45) is 13.0 Å². The summed E-state index contributed by atoms with van der Waals surface area (Å²) in [6, 6.07) is 6.09. The number of aromatic nitrogens is 2. The van der Waals surface area contributed by atoms with Crippen LogP contribution in [0.1, 0.15) is 32.3 Å². The van der Waals surface area contributed by atoms with Crippen molar-refractivity contribution >= 4 is 29.4 Å². The van der Waals surface area contributed by atoms with Gasteiger partial charge in [0.2, 0.25) is 0 Å². The summed E-state index contributed by atoms with van der Waals surface area (Å²) < 4.78 is 29.9. The molecule has 2 aromatic heterocycles. The Morgan fingerprint density at radius 3 is 2.82 bits per heavy atom. The molecule has 0 radical (unpaired) electrons. The smallest absolute Gasteiger partial charge is 0.276 e. The molecule has 2 aliphatic heterocycles. The number of carbonyl (C=O) groups excluding carboxylic acids is 2. The van der Waals surface area contributed by atoms with Crippen molar-refractivity contribution in [3.63, 3.8) is 0 Å². The molecule has 5 rings (SSSR count). The van der Waals surface area contributed by atoms with Gasteiger partial charge in [-0.2, -0.15) is 0 Å². The molecule has 11 heteroatoms. The van der Waals surface area contributed by atoms with Gasteiger partial charge in [0.1, 0.15) is 11.6 Å². The van der Waals surface area contributed by atoms with Crippen molar-refractivity contribution in [2.75, 3.05) is 25.0 Å². The highest BCUT2D eigenvalue weighted by Gasteiger charge is 2.39. The summed E-state index contributed by atoms with van der Waals surface area (Å²) in [7, 11) is 1.78. The maximum Gasteiger partial charge on any atom is 0.276 e. The second-order valence-corrected chi connectivity index (χ2v) is 9.51. The number of hydrogen-bond donors (Lipinski definition) is 2. The SMILES string of the molecule is Cc1cc(C(=O)N2C[C@H]3COc4c(cn(C)c4C(=O)Nc4ccc(F)c(C)c4)SN[C@H]3C2)no1. The van der Waals surface area contributed by atoms with E-state index in [4.69, 9.17) is 9.26 Å². The van der Waals surface area contributed by atoms with Crippen molar-refractivity contribution in [1.29, 1.82) is 0 Å². The number of aryl methyl sites for hydroxylation is 3. The molecule has 2 aliphatic rings. The predicted molar refractivity (Wildman–Crippen MR) is 123 cm³/mol. The summed E-state index contributed by atoms with van der Waals surface area (Å²) in [4.78, 5) is 28.4. The molecule has 4 heterocycles. The number of likely N-dealkylation sites (tertiary alicyclic amines) is 1. The van der Waals surface area contributed by atoms with Crippen molar-refractivity contribution in [3.05, 3.63) is 59.0 Å². The molecule has 1 aromatic carbocycles. The molecule has 2 atom stereocenters. The number of fused-ring (bicyclic) bond motifs is 2. The quantitative estimate of drug-likeness (QED) is 0.550. The Kier molecular flexibility index (Phi) is 5.82. The van der Waals surface area contributed by atoms with E-state index in [9.17, 15) is 14.0 Å². The van der Waals surface area contributed by atoms with Crippen LogP contribution < -0.4 is 14.8 Å². The fourth-order valence-electron chi connectivity index (χ4n) is 4.26. The minimum atomic E-state index is -0.350. The molecule has 0 saturated carbocycles. The number of nitrogens with zero attached hydrogens (tertiary/aromatic N) is 3. The van der Waals surface area contributed by atoms with Crippen molar-refractivity contribution in [1.82, 2.24) is 19.3 Å². The van der Waals surface area contributed by atoms with Crippen LogP contribution in [-0.2, 0) is 7.05 Å². The first-order valence-corrected chi connectivity index (χ1v) is 11.7. The number of hydrogen-bond acceptors (Lipinski definition) is 7. The number of nitrogens with one attached hydrogen (secondary N) is 2. The number of ether oxygens (including phenoxy) is 1. The molecule has 0 aliphatic carbocycles. The van der Waals surface area contributed by atoms with Crippen LogP contribution in [0.2, 0.25) is 0 Å². The highest BCUT2D eigenvalue weighted by atomic mass is 32.2. The van der Waals surface area contributed by atoms with Crippen LogP contribution in [0, 0.1) is 25.6 Å². The third-order valence-electron chi connectivity index (χ3n) is 6.07. The summed E-state index contributed by atoms with van der Waals surface area (Å²) in [6.45, 7) is 4.75. The predicted octanol–water partition coefficient (Wildman–Crippen LogP) is 3.15. The lowest BCUT2D eigenvalue weighted by molar-refractivity contribution is 0.0772. The lowest BCUT2D eigenvalue weighted by Gasteiger charge is -2.23. The lowest BCUT2D eigenvalue weighted by Crippen LogP contribution is -2.36. The van der Waals surface area contributed by atoms with Gasteiger partial charge in [-0.05, 0) is 49.6 Å². The van der Waals surface area contributed by atoms with E-state index in [0.29, 0.717) is 53.8 Å². The Bertz CT molecular complexity index is 1270. The van der Waals surface area contributed by atoms with Crippen molar-refractivity contribution < 1.29 is 23.2 Å². The fraction of sp³-hybridized carbons (Fsp3) is 0.348. The van der Waals surface area contributed by atoms with Crippen LogP contribution in [0.5, 0.6) is 5.75 Å². The molecule has 0 unspecified atom stereocenters. The molecule has 1 fully saturated rings. The van der Waals surface area contributed by atoms with Crippen LogP contribution in [0.4, 0.5) is 10.1 Å². The van der Waals surface area contributed by atoms with Crippen LogP contribution >= 0.6 is 11.9 Å². The normalized spacial score (nSPS) is 19.6. The second kappa shape index (κ2) is 8.80. The van der Waals surface area contributed by atoms with Gasteiger partial charge in [0, 0.05) is 50.0 Å². The van der Waals surface area contributed by atoms with Crippen molar-refractivity contribution in [3.8, 4) is 5.75 Å². The molecule has 1 saturated heterocycles. The number of carbonyl (C=O) groups is 2. The summed E-state index contributed by atoms with van der Waals surface area (Å²) in [5.41, 5.74) is 1.61. The third kappa shape index (κ3) is 4.16. The Hall–Kier alpha value is -3.31. The molecule has 2 amide bonds. The van der Waals surface area contributed by atoms with Gasteiger partial charge in [0.15, 0.2) is 17.1 Å². The standard InChI is InChI=1S/C23H24FN5O4S/c1-12-6-15(4-5-16(12)24)25-22(30)20-21-19(10-28(20)3)34-27-18-9-29(8-14(18)11-32-21)23(31)17-7-13(2)33-26-17/h4-7,10,14,18,27H,8-9,11H2,1-3H3,(H,25,30)/t14-,18-/m0/s1. The van der Waals surface area contributed by atoms with E-state index in [2.05, 4.69) is 15.2 Å². The van der Waals surface area contributed by atoms with Gasteiger partial charge in [-0.3, -0.25) is 14.3 Å². The van der Waals surface area contributed by atoms with Gasteiger partial charge in [0.25, 0.3) is 11.8 Å². The number of benzene rings is 1. The van der Waals surface area contributed by atoms with Gasteiger partial charge in [-0.1, -0.05) is 5.16 Å². The Morgan fingerprint density at radius 1 is 1.26 bits per heavy atom. The summed E-state index contributed by atoms with van der Waals surface area (Å²) in [6.07, 6.45) is 1.83. The zero-order valence-corrected chi connectivity index (χ0v) is 19.7. The monoisotopic (exact) mass is 485 g/mol. The molecule has 2 N–H and O–H groups in total. The summed E-state index contributed by atoms with van der Waals surface area (Å²) in [5.74, 6) is 0.244. The van der Waals surface area contributed by atoms with Gasteiger partial charge in [-0.25, -0.2) is 4.39 Å². The number of rotatable bonds is 3. The highest BCUT2D eigenvalue weighted by molar-refractivity contribution is 7.97. The number of amides is 2. The average Bonchev–Trinajstić information content (AvgIpc) is 3.48. The van der Waals surface area contributed by atoms with E-state index < -0.39 is 0 Å². The first-order chi connectivity index (χ1) is 16.3. The van der Waals surface area contributed by atoms with E-state index in [0.717, 1.165) is 4.90 Å². The molecule has 0 bridgehead atoms. The Labute approximate surface area is 199 Å². The van der Waals surface area contributed by atoms with Crippen molar-refractivity contribution in [2.45, 2.75) is 24.8 Å². The maximum atomic E-state index is 13.6. The Morgan fingerprint density at radius 2 is 2.09 bits per heavy atom. The molecule has 0 spiro atoms. The lowest BCUT2D eigenvalue weighted by atomic mass is 10.1. The van der Waals surface area contributed by atoms with Gasteiger partial charge >= 0.3 is 0 Å². The first kappa shape index (κ1) is 22.5. The fourth-order valence-corrected chi connectivity index (χ4v) is 5.27.